The van der Waals surface area contributed by atoms with Crippen molar-refractivity contribution in [2.75, 3.05) is 16.5 Å². The molecule has 3 aromatic carbocycles. The highest BCUT2D eigenvalue weighted by atomic mass is 35.5. The molecule has 7 nitrogen and oxygen atoms in total. The first kappa shape index (κ1) is 19.8. The molecule has 0 radical (unpaired) electrons. The van der Waals surface area contributed by atoms with E-state index in [9.17, 15) is 4.79 Å². The molecular weight excluding hydrogens is 423 g/mol. The quantitative estimate of drug-likeness (QED) is 0.326. The van der Waals surface area contributed by atoms with Gasteiger partial charge in [0.15, 0.2) is 11.6 Å². The minimum atomic E-state index is -0.322. The zero-order chi connectivity index (χ0) is 21.1. The van der Waals surface area contributed by atoms with Gasteiger partial charge < -0.3 is 11.1 Å². The summed E-state index contributed by atoms with van der Waals surface area (Å²) in [6.07, 6.45) is 1.31. The number of nitrogen functional groups attached to an aromatic ring is 1. The molecule has 1 heterocycles. The molecule has 4 rings (SSSR count). The van der Waals surface area contributed by atoms with Crippen molar-refractivity contribution in [1.29, 1.82) is 0 Å². The highest BCUT2D eigenvalue weighted by molar-refractivity contribution is 6.35. The van der Waals surface area contributed by atoms with Gasteiger partial charge in [-0.15, -0.1) is 0 Å². The van der Waals surface area contributed by atoms with Crippen LogP contribution >= 0.6 is 23.2 Å². The molecular formula is C21H16Cl2N6O. The van der Waals surface area contributed by atoms with Crippen molar-refractivity contribution < 1.29 is 4.79 Å². The molecule has 0 bridgehead atoms. The number of aromatic nitrogens is 2. The third-order valence-electron chi connectivity index (χ3n) is 4.39. The largest absolute Gasteiger partial charge is 0.393 e. The predicted octanol–water partition coefficient (Wildman–Crippen LogP) is 5.02. The zero-order valence-electron chi connectivity index (χ0n) is 15.5. The van der Waals surface area contributed by atoms with Crippen molar-refractivity contribution in [3.05, 3.63) is 82.6 Å². The predicted molar refractivity (Wildman–Crippen MR) is 121 cm³/mol. The van der Waals surface area contributed by atoms with Crippen molar-refractivity contribution in [1.82, 2.24) is 15.4 Å². The molecule has 0 fully saturated rings. The van der Waals surface area contributed by atoms with Crippen LogP contribution in [0.15, 0.2) is 67.0 Å². The first-order chi connectivity index (χ1) is 14.5. The number of benzene rings is 3. The van der Waals surface area contributed by atoms with E-state index in [1.54, 1.807) is 24.3 Å². The normalized spacial score (nSPS) is 10.6. The SMILES string of the molecule is Nc1c(NNC(=O)c2cccc3ccccc23)ncnc1Nc1cc(Cl)ccc1Cl. The molecule has 0 saturated heterocycles. The minimum Gasteiger partial charge on any atom is -0.393 e. The molecule has 5 N–H and O–H groups in total. The van der Waals surface area contributed by atoms with Gasteiger partial charge in [-0.1, -0.05) is 59.6 Å². The van der Waals surface area contributed by atoms with E-state index in [1.807, 2.05) is 36.4 Å². The molecule has 9 heteroatoms. The summed E-state index contributed by atoms with van der Waals surface area (Å²) in [5.74, 6) is 0.229. The van der Waals surface area contributed by atoms with Crippen LogP contribution in [0.1, 0.15) is 10.4 Å². The van der Waals surface area contributed by atoms with Crippen molar-refractivity contribution >= 4 is 62.9 Å². The number of fused-ring (bicyclic) bond motifs is 1. The van der Waals surface area contributed by atoms with Gasteiger partial charge in [0.25, 0.3) is 5.91 Å². The second kappa shape index (κ2) is 8.44. The van der Waals surface area contributed by atoms with Gasteiger partial charge in [0, 0.05) is 10.6 Å². The summed E-state index contributed by atoms with van der Waals surface area (Å²) in [4.78, 5) is 20.9. The van der Waals surface area contributed by atoms with Gasteiger partial charge in [0.05, 0.1) is 10.7 Å². The fourth-order valence-corrected chi connectivity index (χ4v) is 3.26. The molecule has 0 aliphatic carbocycles. The number of hydrazine groups is 1. The van der Waals surface area contributed by atoms with E-state index < -0.39 is 0 Å². The molecule has 0 atom stereocenters. The number of nitrogens with one attached hydrogen (secondary N) is 3. The molecule has 1 amide bonds. The number of amides is 1. The van der Waals surface area contributed by atoms with E-state index in [1.165, 1.54) is 6.33 Å². The second-order valence-electron chi connectivity index (χ2n) is 6.34. The maximum absolute atomic E-state index is 12.7. The lowest BCUT2D eigenvalue weighted by Crippen LogP contribution is -2.30. The number of carbonyl (C=O) groups is 1. The molecule has 0 aliphatic rings. The van der Waals surface area contributed by atoms with Crippen LogP contribution in [0.3, 0.4) is 0 Å². The Bertz CT molecular complexity index is 1240. The Morgan fingerprint density at radius 3 is 2.57 bits per heavy atom. The lowest BCUT2D eigenvalue weighted by atomic mass is 10.0. The van der Waals surface area contributed by atoms with Gasteiger partial charge in [0.1, 0.15) is 12.0 Å². The Hall–Kier alpha value is -3.55. The average molecular weight is 439 g/mol. The summed E-state index contributed by atoms with van der Waals surface area (Å²) in [5.41, 5.74) is 12.8. The van der Waals surface area contributed by atoms with Crippen molar-refractivity contribution in [2.45, 2.75) is 0 Å². The minimum absolute atomic E-state index is 0.201. The van der Waals surface area contributed by atoms with E-state index in [0.29, 0.717) is 27.1 Å². The molecule has 1 aromatic heterocycles. The first-order valence-corrected chi connectivity index (χ1v) is 9.65. The highest BCUT2D eigenvalue weighted by Crippen LogP contribution is 2.31. The third-order valence-corrected chi connectivity index (χ3v) is 4.96. The first-order valence-electron chi connectivity index (χ1n) is 8.89. The highest BCUT2D eigenvalue weighted by Gasteiger charge is 2.13. The maximum Gasteiger partial charge on any atom is 0.270 e. The molecule has 150 valence electrons. The second-order valence-corrected chi connectivity index (χ2v) is 7.18. The maximum atomic E-state index is 12.7. The monoisotopic (exact) mass is 438 g/mol. The van der Waals surface area contributed by atoms with E-state index in [0.717, 1.165) is 10.8 Å². The van der Waals surface area contributed by atoms with E-state index in [2.05, 4.69) is 26.1 Å². The molecule has 0 spiro atoms. The van der Waals surface area contributed by atoms with Crippen LogP contribution < -0.4 is 21.9 Å². The van der Waals surface area contributed by atoms with Crippen molar-refractivity contribution in [3.8, 4) is 0 Å². The molecule has 0 unspecified atom stereocenters. The Balaban J connectivity index is 1.53. The number of halogens is 2. The van der Waals surface area contributed by atoms with Crippen LogP contribution in [0, 0.1) is 0 Å². The molecule has 4 aromatic rings. The zero-order valence-corrected chi connectivity index (χ0v) is 17.0. The number of nitrogens with zero attached hydrogens (tertiary/aromatic N) is 2. The van der Waals surface area contributed by atoms with E-state index >= 15 is 0 Å². The number of nitrogens with two attached hydrogens (primary N) is 1. The van der Waals surface area contributed by atoms with Gasteiger partial charge >= 0.3 is 0 Å². The number of anilines is 4. The Labute approximate surface area is 182 Å². The summed E-state index contributed by atoms with van der Waals surface area (Å²) in [7, 11) is 0. The van der Waals surface area contributed by atoms with E-state index in [4.69, 9.17) is 28.9 Å². The molecule has 0 saturated carbocycles. The van der Waals surface area contributed by atoms with Crippen LogP contribution in [0.5, 0.6) is 0 Å². The fraction of sp³-hybridized carbons (Fsp3) is 0. The average Bonchev–Trinajstić information content (AvgIpc) is 2.76. The third kappa shape index (κ3) is 4.07. The Morgan fingerprint density at radius 1 is 0.933 bits per heavy atom. The van der Waals surface area contributed by atoms with Crippen LogP contribution in [0.4, 0.5) is 23.0 Å². The number of hydrogen-bond donors (Lipinski definition) is 4. The lowest BCUT2D eigenvalue weighted by molar-refractivity contribution is 0.0964. The standard InChI is InChI=1S/C21H16Cl2N6O/c22-13-8-9-16(23)17(10-13)27-19-18(24)20(26-11-25-19)28-29-21(30)15-7-3-5-12-4-1-2-6-14(12)15/h1-11H,24H2,(H,29,30)(H2,25,26,27,28). The van der Waals surface area contributed by atoms with Gasteiger partial charge in [-0.05, 0) is 35.0 Å². The summed E-state index contributed by atoms with van der Waals surface area (Å²) < 4.78 is 0. The van der Waals surface area contributed by atoms with Crippen LogP contribution in [-0.2, 0) is 0 Å². The van der Waals surface area contributed by atoms with E-state index in [-0.39, 0.29) is 17.4 Å². The van der Waals surface area contributed by atoms with Gasteiger partial charge in [0.2, 0.25) is 0 Å². The number of hydrogen-bond acceptors (Lipinski definition) is 6. The Morgan fingerprint density at radius 2 is 1.70 bits per heavy atom. The lowest BCUT2D eigenvalue weighted by Gasteiger charge is -2.14. The summed E-state index contributed by atoms with van der Waals surface area (Å²) in [6, 6.07) is 18.1. The van der Waals surface area contributed by atoms with Crippen molar-refractivity contribution in [3.63, 3.8) is 0 Å². The summed E-state index contributed by atoms with van der Waals surface area (Å²) in [5, 5.41) is 5.79. The van der Waals surface area contributed by atoms with Crippen LogP contribution in [0.25, 0.3) is 10.8 Å². The fourth-order valence-electron chi connectivity index (χ4n) is 2.92. The summed E-state index contributed by atoms with van der Waals surface area (Å²) in [6.45, 7) is 0. The summed E-state index contributed by atoms with van der Waals surface area (Å²) >= 11 is 12.2. The van der Waals surface area contributed by atoms with Crippen molar-refractivity contribution in [2.24, 2.45) is 0 Å². The number of rotatable bonds is 5. The molecule has 30 heavy (non-hydrogen) atoms. The van der Waals surface area contributed by atoms with Gasteiger partial charge in [-0.3, -0.25) is 15.6 Å². The Kier molecular flexibility index (Phi) is 5.56. The van der Waals surface area contributed by atoms with Crippen LogP contribution in [-0.4, -0.2) is 15.9 Å². The van der Waals surface area contributed by atoms with Gasteiger partial charge in [-0.25, -0.2) is 9.97 Å². The van der Waals surface area contributed by atoms with Gasteiger partial charge in [-0.2, -0.15) is 0 Å². The smallest absolute Gasteiger partial charge is 0.270 e. The topological polar surface area (TPSA) is 105 Å². The number of carbonyl (C=O) groups excluding carboxylic acids is 1. The van der Waals surface area contributed by atoms with Crippen LogP contribution in [0.2, 0.25) is 10.0 Å². The molecule has 0 aliphatic heterocycles.